The number of nitrogens with one attached hydrogen (secondary N) is 1. The van der Waals surface area contributed by atoms with Crippen LogP contribution < -0.4 is 5.32 Å². The van der Waals surface area contributed by atoms with E-state index in [0.29, 0.717) is 5.57 Å². The third-order valence-electron chi connectivity index (χ3n) is 2.53. The summed E-state index contributed by atoms with van der Waals surface area (Å²) in [6, 6.07) is 0. The summed E-state index contributed by atoms with van der Waals surface area (Å²) in [5.74, 6) is 1.05. The van der Waals surface area contributed by atoms with E-state index in [1.165, 1.54) is 0 Å². The lowest BCUT2D eigenvalue weighted by Gasteiger charge is -2.36. The lowest BCUT2D eigenvalue weighted by molar-refractivity contribution is -0.117. The standard InChI is InChI=1S/C11H22BNOS/c1-9(2)11(14)13-7-6-8-15(4,5)10(3)12/h10H,1,6-8H2,2-5H3,(H,13,14). The molecule has 0 heterocycles. The van der Waals surface area contributed by atoms with Crippen LogP contribution in [0, 0.1) is 0 Å². The quantitative estimate of drug-likeness (QED) is 0.417. The molecular weight excluding hydrogens is 205 g/mol. The molecule has 1 amide bonds. The summed E-state index contributed by atoms with van der Waals surface area (Å²) in [5.41, 5.74) is 0.564. The lowest BCUT2D eigenvalue weighted by Crippen LogP contribution is -2.26. The molecule has 1 atom stereocenters. The van der Waals surface area contributed by atoms with Crippen molar-refractivity contribution in [2.24, 2.45) is 0 Å². The van der Waals surface area contributed by atoms with Gasteiger partial charge in [0.05, 0.1) is 7.85 Å². The van der Waals surface area contributed by atoms with E-state index in [2.05, 4.69) is 31.3 Å². The molecule has 86 valence electrons. The molecule has 0 spiro atoms. The summed E-state index contributed by atoms with van der Waals surface area (Å²) >= 11 is 0. The largest absolute Gasteiger partial charge is 0.352 e. The predicted molar refractivity (Wildman–Crippen MR) is 72.0 cm³/mol. The Bertz CT molecular complexity index is 239. The van der Waals surface area contributed by atoms with E-state index in [4.69, 9.17) is 7.85 Å². The van der Waals surface area contributed by atoms with Crippen LogP contribution in [0.2, 0.25) is 0 Å². The molecular formula is C11H22BNOS. The maximum Gasteiger partial charge on any atom is 0.246 e. The molecule has 0 saturated heterocycles. The molecule has 0 aromatic carbocycles. The van der Waals surface area contributed by atoms with Crippen LogP contribution in [0.3, 0.4) is 0 Å². The summed E-state index contributed by atoms with van der Waals surface area (Å²) in [6.45, 7) is 8.07. The van der Waals surface area contributed by atoms with E-state index < -0.39 is 10.0 Å². The smallest absolute Gasteiger partial charge is 0.246 e. The molecule has 0 aromatic rings. The molecule has 2 nitrogen and oxygen atoms in total. The van der Waals surface area contributed by atoms with Crippen molar-refractivity contribution in [2.75, 3.05) is 24.8 Å². The van der Waals surface area contributed by atoms with Crippen LogP contribution in [-0.2, 0) is 4.79 Å². The molecule has 2 radical (unpaired) electrons. The highest BCUT2D eigenvalue weighted by atomic mass is 32.3. The second-order valence-corrected chi connectivity index (χ2v) is 8.82. The molecule has 0 aliphatic carbocycles. The van der Waals surface area contributed by atoms with Gasteiger partial charge in [-0.3, -0.25) is 14.8 Å². The van der Waals surface area contributed by atoms with Crippen LogP contribution in [0.4, 0.5) is 0 Å². The molecule has 0 aliphatic rings. The number of carbonyl (C=O) groups excluding carboxylic acids is 1. The van der Waals surface area contributed by atoms with Gasteiger partial charge in [-0.25, -0.2) is 0 Å². The van der Waals surface area contributed by atoms with Crippen LogP contribution in [0.1, 0.15) is 20.3 Å². The number of hydrogen-bond acceptors (Lipinski definition) is 1. The minimum Gasteiger partial charge on any atom is -0.352 e. The fraction of sp³-hybridized carbons (Fsp3) is 0.727. The van der Waals surface area contributed by atoms with Gasteiger partial charge in [0.25, 0.3) is 0 Å². The minimum absolute atomic E-state index is 0.0522. The van der Waals surface area contributed by atoms with Crippen molar-refractivity contribution in [3.05, 3.63) is 12.2 Å². The molecule has 0 fully saturated rings. The van der Waals surface area contributed by atoms with Gasteiger partial charge in [-0.1, -0.05) is 18.7 Å². The third kappa shape index (κ3) is 5.93. The van der Waals surface area contributed by atoms with Crippen LogP contribution in [0.5, 0.6) is 0 Å². The van der Waals surface area contributed by atoms with Crippen molar-refractivity contribution in [1.82, 2.24) is 5.32 Å². The molecule has 0 bridgehead atoms. The van der Waals surface area contributed by atoms with Gasteiger partial charge in [0.1, 0.15) is 0 Å². The Morgan fingerprint density at radius 1 is 1.53 bits per heavy atom. The molecule has 15 heavy (non-hydrogen) atoms. The normalized spacial score (nSPS) is 14.4. The minimum atomic E-state index is -0.712. The van der Waals surface area contributed by atoms with Crippen LogP contribution in [-0.4, -0.2) is 43.7 Å². The summed E-state index contributed by atoms with van der Waals surface area (Å²) in [7, 11) is 5.18. The number of carbonyl (C=O) groups is 1. The topological polar surface area (TPSA) is 29.1 Å². The monoisotopic (exact) mass is 227 g/mol. The van der Waals surface area contributed by atoms with E-state index in [9.17, 15) is 4.79 Å². The predicted octanol–water partition coefficient (Wildman–Crippen LogP) is 1.65. The third-order valence-corrected chi connectivity index (χ3v) is 5.88. The maximum absolute atomic E-state index is 11.2. The van der Waals surface area contributed by atoms with Crippen LogP contribution >= 0.6 is 10.0 Å². The van der Waals surface area contributed by atoms with Crippen molar-refractivity contribution in [1.29, 1.82) is 0 Å². The Labute approximate surface area is 96.6 Å². The average molecular weight is 227 g/mol. The summed E-state index contributed by atoms with van der Waals surface area (Å²) < 4.78 is 0. The first-order chi connectivity index (χ1) is 6.77. The van der Waals surface area contributed by atoms with Crippen molar-refractivity contribution in [2.45, 2.75) is 25.4 Å². The Morgan fingerprint density at radius 3 is 2.47 bits per heavy atom. The van der Waals surface area contributed by atoms with Crippen LogP contribution in [0.15, 0.2) is 12.2 Å². The highest BCUT2D eigenvalue weighted by Gasteiger charge is 2.15. The van der Waals surface area contributed by atoms with Gasteiger partial charge in [-0.15, -0.1) is 0 Å². The van der Waals surface area contributed by atoms with E-state index in [1.54, 1.807) is 6.92 Å². The number of amides is 1. The Hall–Kier alpha value is -0.375. The molecule has 0 aromatic heterocycles. The lowest BCUT2D eigenvalue weighted by atomic mass is 10.1. The van der Waals surface area contributed by atoms with Gasteiger partial charge in [0.15, 0.2) is 0 Å². The maximum atomic E-state index is 11.2. The summed E-state index contributed by atoms with van der Waals surface area (Å²) in [4.78, 5) is 11.2. The number of rotatable bonds is 6. The average Bonchev–Trinajstić information content (AvgIpc) is 2.11. The van der Waals surface area contributed by atoms with Gasteiger partial charge in [-0.2, -0.15) is 0 Å². The van der Waals surface area contributed by atoms with Crippen molar-refractivity contribution in [3.8, 4) is 0 Å². The Kier molecular flexibility index (Phi) is 6.10. The van der Waals surface area contributed by atoms with Gasteiger partial charge < -0.3 is 5.32 Å². The van der Waals surface area contributed by atoms with Gasteiger partial charge >= 0.3 is 0 Å². The van der Waals surface area contributed by atoms with E-state index in [0.717, 1.165) is 18.7 Å². The van der Waals surface area contributed by atoms with E-state index in [-0.39, 0.29) is 11.1 Å². The number of hydrogen-bond donors (Lipinski definition) is 1. The molecule has 1 unspecified atom stereocenters. The molecule has 0 aliphatic heterocycles. The Morgan fingerprint density at radius 2 is 2.07 bits per heavy atom. The SMILES string of the molecule is [B]C(C)S(C)(C)CCCNC(=O)C(=C)C. The highest BCUT2D eigenvalue weighted by molar-refractivity contribution is 8.33. The summed E-state index contributed by atoms with van der Waals surface area (Å²) in [6.07, 6.45) is 5.46. The molecule has 0 rings (SSSR count). The second kappa shape index (κ2) is 6.26. The second-order valence-electron chi connectivity index (χ2n) is 4.42. The van der Waals surface area contributed by atoms with Gasteiger partial charge in [0.2, 0.25) is 5.91 Å². The van der Waals surface area contributed by atoms with E-state index >= 15 is 0 Å². The zero-order valence-corrected chi connectivity index (χ0v) is 11.1. The molecule has 4 heteroatoms. The van der Waals surface area contributed by atoms with Crippen LogP contribution in [0.25, 0.3) is 0 Å². The van der Waals surface area contributed by atoms with Crippen molar-refractivity contribution >= 4 is 23.8 Å². The Balaban J connectivity index is 3.72. The first kappa shape index (κ1) is 14.6. The van der Waals surface area contributed by atoms with E-state index in [1.807, 2.05) is 0 Å². The van der Waals surface area contributed by atoms with Gasteiger partial charge in [-0.05, 0) is 31.6 Å². The first-order valence-corrected chi connectivity index (χ1v) is 7.84. The zero-order chi connectivity index (χ0) is 12.1. The zero-order valence-electron chi connectivity index (χ0n) is 10.3. The first-order valence-electron chi connectivity index (χ1n) is 5.16. The molecule has 1 N–H and O–H groups in total. The highest BCUT2D eigenvalue weighted by Crippen LogP contribution is 2.43. The fourth-order valence-electron chi connectivity index (χ4n) is 0.983. The van der Waals surface area contributed by atoms with Crippen molar-refractivity contribution in [3.63, 3.8) is 0 Å². The van der Waals surface area contributed by atoms with Gasteiger partial charge in [0, 0.05) is 12.1 Å². The van der Waals surface area contributed by atoms with Crippen molar-refractivity contribution < 1.29 is 4.79 Å². The summed E-state index contributed by atoms with van der Waals surface area (Å²) in [5, 5.41) is 3.09. The molecule has 0 saturated carbocycles. The fourth-order valence-corrected chi connectivity index (χ4v) is 2.24.